The number of hydrogen-bond acceptors (Lipinski definition) is 0. The van der Waals surface area contributed by atoms with Crippen LogP contribution in [0.15, 0.2) is 54.1 Å². The van der Waals surface area contributed by atoms with E-state index in [0.29, 0.717) is 0 Å². The van der Waals surface area contributed by atoms with Crippen LogP contribution in [-0.2, 0) is 0 Å². The van der Waals surface area contributed by atoms with E-state index in [-0.39, 0.29) is 7.92 Å². The van der Waals surface area contributed by atoms with Crippen LogP contribution >= 0.6 is 7.92 Å². The Balaban J connectivity index is 1.98. The summed E-state index contributed by atoms with van der Waals surface area (Å²) in [6.07, 6.45) is 25.4. The first-order chi connectivity index (χ1) is 13.3. The Morgan fingerprint density at radius 1 is 1.07 bits per heavy atom. The maximum Gasteiger partial charge on any atom is -0.0131 e. The van der Waals surface area contributed by atoms with Crippen LogP contribution in [0.5, 0.6) is 0 Å². The molecule has 1 saturated carbocycles. The average molecular weight is 381 g/mol. The summed E-state index contributed by atoms with van der Waals surface area (Å²) in [5.74, 6) is 0.957. The first kappa shape index (κ1) is 20.6. The minimum Gasteiger partial charge on any atom is -0.0881 e. The molecule has 3 rings (SSSR count). The molecule has 2 aliphatic rings. The van der Waals surface area contributed by atoms with Crippen LogP contribution in [0.3, 0.4) is 0 Å². The lowest BCUT2D eigenvalue weighted by molar-refractivity contribution is 0.389. The molecule has 1 heteroatoms. The second-order valence-electron chi connectivity index (χ2n) is 8.30. The summed E-state index contributed by atoms with van der Waals surface area (Å²) in [5, 5.41) is 1.67. The topological polar surface area (TPSA) is 0 Å². The molecule has 0 radical (unpaired) electrons. The lowest BCUT2D eigenvalue weighted by Gasteiger charge is -2.34. The van der Waals surface area contributed by atoms with Crippen LogP contribution in [0.25, 0.3) is 6.08 Å². The summed E-state index contributed by atoms with van der Waals surface area (Å²) in [6.45, 7) is 4.61. The molecule has 2 atom stereocenters. The fourth-order valence-electron chi connectivity index (χ4n) is 4.76. The molecule has 1 fully saturated rings. The Hall–Kier alpha value is -1.13. The minimum atomic E-state index is -0.116. The number of hydrogen-bond donors (Lipinski definition) is 0. The Morgan fingerprint density at radius 3 is 2.67 bits per heavy atom. The van der Waals surface area contributed by atoms with Crippen molar-refractivity contribution < 1.29 is 0 Å². The Morgan fingerprint density at radius 2 is 1.89 bits per heavy atom. The third-order valence-electron chi connectivity index (χ3n) is 6.30. The molecule has 0 aromatic heterocycles. The van der Waals surface area contributed by atoms with Gasteiger partial charge in [0.15, 0.2) is 0 Å². The number of rotatable bonds is 4. The molecule has 0 saturated heterocycles. The third kappa shape index (κ3) is 5.92. The monoisotopic (exact) mass is 380 g/mol. The summed E-state index contributed by atoms with van der Waals surface area (Å²) in [4.78, 5) is 0. The summed E-state index contributed by atoms with van der Waals surface area (Å²) in [6, 6.07) is 9.28. The lowest BCUT2D eigenvalue weighted by Crippen LogP contribution is -2.23. The van der Waals surface area contributed by atoms with Gasteiger partial charge in [-0.15, -0.1) is 0 Å². The van der Waals surface area contributed by atoms with Crippen molar-refractivity contribution in [1.29, 1.82) is 0 Å². The molecule has 1 aliphatic carbocycles. The first-order valence-corrected chi connectivity index (χ1v) is 12.7. The average Bonchev–Trinajstić information content (AvgIpc) is 2.74. The summed E-state index contributed by atoms with van der Waals surface area (Å²) in [5.41, 5.74) is 3.93. The highest BCUT2D eigenvalue weighted by atomic mass is 31.1. The van der Waals surface area contributed by atoms with E-state index in [9.17, 15) is 0 Å². The van der Waals surface area contributed by atoms with Gasteiger partial charge in [-0.05, 0) is 54.8 Å². The van der Waals surface area contributed by atoms with Gasteiger partial charge in [-0.1, -0.05) is 114 Å². The van der Waals surface area contributed by atoms with Crippen LogP contribution in [0, 0.1) is 5.92 Å². The van der Waals surface area contributed by atoms with E-state index in [1.165, 1.54) is 63.1 Å². The molecular weight excluding hydrogens is 343 g/mol. The van der Waals surface area contributed by atoms with Gasteiger partial charge < -0.3 is 0 Å². The maximum atomic E-state index is 2.45. The van der Waals surface area contributed by atoms with Crippen LogP contribution in [0.1, 0.15) is 77.2 Å². The largest absolute Gasteiger partial charge is 0.0881 e. The number of fused-ring (bicyclic) bond motifs is 1. The van der Waals surface area contributed by atoms with Gasteiger partial charge in [0.1, 0.15) is 0 Å². The molecule has 0 bridgehead atoms. The van der Waals surface area contributed by atoms with Crippen molar-refractivity contribution in [3.63, 3.8) is 0 Å². The van der Waals surface area contributed by atoms with Crippen molar-refractivity contribution in [2.24, 2.45) is 5.92 Å². The fraction of sp³-hybridized carbons (Fsp3) is 0.538. The first-order valence-electron chi connectivity index (χ1n) is 11.1. The van der Waals surface area contributed by atoms with Gasteiger partial charge in [0, 0.05) is 0 Å². The summed E-state index contributed by atoms with van der Waals surface area (Å²) >= 11 is 0. The van der Waals surface area contributed by atoms with E-state index in [1.54, 1.807) is 10.9 Å². The standard InChI is InChI=1S/C26H37P/c1-3-13-25-20-22(4-2)14-7-6-10-17-24-18-11-12-19-26(24)27(25)21-23-15-8-5-9-16-23/h4,6-7,10-12,17-19,23,25H,3,5,8-9,13-16,20-21H2,1-2H3/b7-6-,17-10+,22-4-. The van der Waals surface area contributed by atoms with Crippen molar-refractivity contribution in [3.05, 3.63) is 59.7 Å². The van der Waals surface area contributed by atoms with Crippen LogP contribution < -0.4 is 5.30 Å². The molecule has 27 heavy (non-hydrogen) atoms. The molecule has 1 aromatic rings. The predicted octanol–water partition coefficient (Wildman–Crippen LogP) is 7.85. The Kier molecular flexibility index (Phi) is 8.40. The minimum absolute atomic E-state index is 0.116. The van der Waals surface area contributed by atoms with E-state index in [1.807, 2.05) is 0 Å². The highest BCUT2D eigenvalue weighted by Crippen LogP contribution is 2.50. The van der Waals surface area contributed by atoms with Crippen molar-refractivity contribution in [1.82, 2.24) is 0 Å². The van der Waals surface area contributed by atoms with Crippen molar-refractivity contribution in [2.75, 3.05) is 6.16 Å². The second kappa shape index (κ2) is 11.0. The van der Waals surface area contributed by atoms with Gasteiger partial charge in [0.25, 0.3) is 0 Å². The van der Waals surface area contributed by atoms with Gasteiger partial charge in [-0.2, -0.15) is 0 Å². The molecule has 0 spiro atoms. The van der Waals surface area contributed by atoms with E-state index in [0.717, 1.165) is 18.0 Å². The van der Waals surface area contributed by atoms with Gasteiger partial charge in [0.05, 0.1) is 0 Å². The lowest BCUT2D eigenvalue weighted by atomic mass is 9.91. The third-order valence-corrected chi connectivity index (χ3v) is 9.56. The molecule has 1 aromatic carbocycles. The zero-order chi connectivity index (χ0) is 18.9. The second-order valence-corrected chi connectivity index (χ2v) is 10.8. The molecule has 146 valence electrons. The van der Waals surface area contributed by atoms with Crippen LogP contribution in [0.2, 0.25) is 0 Å². The van der Waals surface area contributed by atoms with Crippen LogP contribution in [0.4, 0.5) is 0 Å². The van der Waals surface area contributed by atoms with Crippen molar-refractivity contribution >= 4 is 19.3 Å². The fourth-order valence-corrected chi connectivity index (χ4v) is 8.35. The van der Waals surface area contributed by atoms with Gasteiger partial charge in [-0.3, -0.25) is 0 Å². The van der Waals surface area contributed by atoms with Gasteiger partial charge >= 0.3 is 0 Å². The highest BCUT2D eigenvalue weighted by molar-refractivity contribution is 7.66. The van der Waals surface area contributed by atoms with Gasteiger partial charge in [0.2, 0.25) is 0 Å². The number of benzene rings is 1. The molecule has 0 N–H and O–H groups in total. The molecular formula is C26H37P. The smallest absolute Gasteiger partial charge is 0.0131 e. The van der Waals surface area contributed by atoms with Crippen molar-refractivity contribution in [3.8, 4) is 0 Å². The van der Waals surface area contributed by atoms with E-state index < -0.39 is 0 Å². The van der Waals surface area contributed by atoms with E-state index in [4.69, 9.17) is 0 Å². The molecule has 0 nitrogen and oxygen atoms in total. The SMILES string of the molecule is C/C=C1/C/C=C\C=C\c2ccccc2P(CC2CCCCC2)C(CCC)C1. The zero-order valence-corrected chi connectivity index (χ0v) is 18.3. The molecule has 1 heterocycles. The van der Waals surface area contributed by atoms with E-state index >= 15 is 0 Å². The predicted molar refractivity (Wildman–Crippen MR) is 124 cm³/mol. The zero-order valence-electron chi connectivity index (χ0n) is 17.4. The quantitative estimate of drug-likeness (QED) is 0.368. The summed E-state index contributed by atoms with van der Waals surface area (Å²) < 4.78 is 0. The maximum absolute atomic E-state index is 2.45. The van der Waals surface area contributed by atoms with Gasteiger partial charge in [-0.25, -0.2) is 0 Å². The Bertz CT molecular complexity index is 661. The van der Waals surface area contributed by atoms with Crippen molar-refractivity contribution in [2.45, 2.75) is 77.3 Å². The molecule has 2 unspecified atom stereocenters. The normalized spacial score (nSPS) is 28.3. The van der Waals surface area contributed by atoms with Crippen LogP contribution in [-0.4, -0.2) is 11.8 Å². The summed E-state index contributed by atoms with van der Waals surface area (Å²) in [7, 11) is -0.116. The number of allylic oxidation sites excluding steroid dienone is 5. The molecule has 0 amide bonds. The van der Waals surface area contributed by atoms with E-state index in [2.05, 4.69) is 68.5 Å². The Labute approximate surface area is 168 Å². The highest BCUT2D eigenvalue weighted by Gasteiger charge is 2.28. The molecule has 1 aliphatic heterocycles.